The monoisotopic (exact) mass is 2020 g/mol. The fourth-order valence-corrected chi connectivity index (χ4v) is 14.7. The minimum absolute atomic E-state index is 0.0127. The van der Waals surface area contributed by atoms with E-state index in [4.69, 9.17) is 45.2 Å². The summed E-state index contributed by atoms with van der Waals surface area (Å²) >= 11 is 1.27. The number of carboxylic acids is 3. The molecule has 54 heteroatoms. The predicted molar refractivity (Wildman–Crippen MR) is 512 cm³/mol. The van der Waals surface area contributed by atoms with Gasteiger partial charge in [0.25, 0.3) is 0 Å². The number of amides is 18. The van der Waals surface area contributed by atoms with E-state index in [1.165, 1.54) is 53.3 Å². The molecule has 19 atom stereocenters. The number of hydrogen-bond acceptors (Lipinski definition) is 29. The number of carbonyl (C=O) groups excluding carboxylic acids is 18. The van der Waals surface area contributed by atoms with Gasteiger partial charge in [0.05, 0.1) is 44.2 Å². The van der Waals surface area contributed by atoms with Crippen LogP contribution < -0.4 is 130 Å². The molecule has 0 aliphatic carbocycles. The van der Waals surface area contributed by atoms with Crippen LogP contribution in [0.3, 0.4) is 0 Å². The minimum Gasteiger partial charge on any atom is -0.481 e. The van der Waals surface area contributed by atoms with Crippen molar-refractivity contribution in [3.05, 3.63) is 35.9 Å². The zero-order valence-corrected chi connectivity index (χ0v) is 82.0. The molecule has 18 amide bonds. The van der Waals surface area contributed by atoms with Crippen molar-refractivity contribution >= 4 is 148 Å². The highest BCUT2D eigenvalue weighted by Gasteiger charge is 2.43. The number of aliphatic carboxylic acids is 3. The molecule has 37 N–H and O–H groups in total. The summed E-state index contributed by atoms with van der Waals surface area (Å²) in [7, 11) is 0. The second-order valence-electron chi connectivity index (χ2n) is 34.9. The number of unbranched alkanes of at least 4 members (excludes halogenated alkanes) is 2. The summed E-state index contributed by atoms with van der Waals surface area (Å²) < 4.78 is 0. The molecule has 792 valence electrons. The Morgan fingerprint density at radius 1 is 0.433 bits per heavy atom. The Morgan fingerprint density at radius 3 is 1.37 bits per heavy atom. The Balaban J connectivity index is 2.41. The summed E-state index contributed by atoms with van der Waals surface area (Å²) in [5, 5.41) is 110. The van der Waals surface area contributed by atoms with Gasteiger partial charge in [-0.2, -0.15) is 11.8 Å². The molecule has 1 heterocycles. The van der Waals surface area contributed by atoms with Gasteiger partial charge in [-0.15, -0.1) is 0 Å². The fourth-order valence-electron chi connectivity index (χ4n) is 14.3. The van der Waals surface area contributed by atoms with Crippen LogP contribution in [0.25, 0.3) is 0 Å². The number of carbonyl (C=O) groups is 21. The van der Waals surface area contributed by atoms with Crippen LogP contribution >= 0.6 is 11.8 Å². The number of rotatable bonds is 68. The Bertz CT molecular complexity index is 4400. The lowest BCUT2D eigenvalue weighted by molar-refractivity contribution is -0.143. The van der Waals surface area contributed by atoms with Crippen molar-refractivity contribution in [2.75, 3.05) is 57.8 Å². The number of carboxylic acid groups (broad SMARTS) is 3. The van der Waals surface area contributed by atoms with Gasteiger partial charge >= 0.3 is 17.9 Å². The molecule has 0 saturated carbocycles. The topological polar surface area (TPSA) is 883 Å². The number of aliphatic hydroxyl groups excluding tert-OH is 2. The SMILES string of the molecule is CC[C@H](C)[C@H](NC(=O)[C@H](CC(N)=O)NC(=O)CNC(=O)[C@@H](NC(=O)[C@@H](NC(=O)[C@H](C)NC(=O)[C@@H](N)CCCNC(=N)N)[C@@H](C)O)C(C)C)C(=O)N[C@@H](CCCCN)C(=O)N[C@H](C(=O)N[C@@H](CCC(=O)O)C(=O)N[C@@H](CCCNC(=N)N)C(=O)N1CCC[C@H]1C(=O)NCC(=O)N[C@@H](CCSC)C(=O)N[C@H](C(=O)N[C@@H](CC(=O)O)C(=O)N[C@@H](Cc1ccccc1)C(=O)N[C@@H](CCCCN)C(=O)O)C(C)C)[C@@H](C)O. The smallest absolute Gasteiger partial charge is 0.326 e. The van der Waals surface area contributed by atoms with E-state index in [9.17, 15) is 126 Å². The Labute approximate surface area is 821 Å². The molecule has 0 radical (unpaired) electrons. The lowest BCUT2D eigenvalue weighted by atomic mass is 9.96. The third kappa shape index (κ3) is 46.6. The van der Waals surface area contributed by atoms with Crippen molar-refractivity contribution < 1.29 is 126 Å². The largest absolute Gasteiger partial charge is 0.481 e. The molecular formula is C87H147N27O26S. The van der Waals surface area contributed by atoms with Crippen molar-refractivity contribution in [1.29, 1.82) is 10.8 Å². The average Bonchev–Trinajstić information content (AvgIpc) is 1.75. The Kier molecular flexibility index (Phi) is 57.0. The second kappa shape index (κ2) is 64.9. The van der Waals surface area contributed by atoms with Crippen molar-refractivity contribution in [3.8, 4) is 0 Å². The zero-order valence-electron chi connectivity index (χ0n) is 81.2. The van der Waals surface area contributed by atoms with E-state index in [0.717, 1.165) is 18.7 Å². The number of guanidine groups is 2. The number of likely N-dealkylation sites (tertiary alicyclic amines) is 1. The highest BCUT2D eigenvalue weighted by molar-refractivity contribution is 7.98. The molecule has 1 saturated heterocycles. The van der Waals surface area contributed by atoms with Gasteiger partial charge in [0.1, 0.15) is 90.6 Å². The molecule has 2 rings (SSSR count). The first-order valence-electron chi connectivity index (χ1n) is 46.6. The zero-order chi connectivity index (χ0) is 107. The number of thioether (sulfide) groups is 1. The van der Waals surface area contributed by atoms with E-state index in [2.05, 4.69) is 95.7 Å². The fraction of sp³-hybridized carbons (Fsp3) is 0.667. The van der Waals surface area contributed by atoms with Crippen LogP contribution in [-0.4, -0.2) is 333 Å². The van der Waals surface area contributed by atoms with E-state index in [0.29, 0.717) is 24.8 Å². The minimum atomic E-state index is -2.02. The second-order valence-corrected chi connectivity index (χ2v) is 35.9. The van der Waals surface area contributed by atoms with Gasteiger partial charge in [-0.3, -0.25) is 107 Å². The molecule has 1 fully saturated rings. The maximum Gasteiger partial charge on any atom is 0.326 e. The molecule has 1 aromatic carbocycles. The molecule has 1 aromatic rings. The van der Waals surface area contributed by atoms with Gasteiger partial charge in [-0.05, 0) is 159 Å². The summed E-state index contributed by atoms with van der Waals surface area (Å²) in [6.45, 7) is 11.3. The Hall–Kier alpha value is -13.2. The first-order chi connectivity index (χ1) is 66.3. The summed E-state index contributed by atoms with van der Waals surface area (Å²) in [5.41, 5.74) is 34.1. The molecular weight excluding hydrogens is 1870 g/mol. The van der Waals surface area contributed by atoms with Crippen molar-refractivity contribution in [3.63, 3.8) is 0 Å². The van der Waals surface area contributed by atoms with Crippen LogP contribution in [0, 0.1) is 28.6 Å². The van der Waals surface area contributed by atoms with Crippen LogP contribution in [0.5, 0.6) is 0 Å². The van der Waals surface area contributed by atoms with Crippen LogP contribution in [0.2, 0.25) is 0 Å². The lowest BCUT2D eigenvalue weighted by Gasteiger charge is -2.31. The van der Waals surface area contributed by atoms with Crippen LogP contribution in [0.4, 0.5) is 0 Å². The van der Waals surface area contributed by atoms with E-state index >= 15 is 0 Å². The maximum absolute atomic E-state index is 14.9. The summed E-state index contributed by atoms with van der Waals surface area (Å²) in [4.78, 5) is 289. The molecule has 1 aliphatic rings. The third-order valence-electron chi connectivity index (χ3n) is 22.5. The van der Waals surface area contributed by atoms with Gasteiger partial charge < -0.3 is 161 Å². The van der Waals surface area contributed by atoms with Crippen LogP contribution in [0.15, 0.2) is 30.3 Å². The quantitative estimate of drug-likeness (QED) is 0.0164. The number of benzene rings is 1. The van der Waals surface area contributed by atoms with E-state index in [1.54, 1.807) is 43.5 Å². The molecule has 0 spiro atoms. The highest BCUT2D eigenvalue weighted by Crippen LogP contribution is 2.22. The van der Waals surface area contributed by atoms with Gasteiger partial charge in [0.15, 0.2) is 11.9 Å². The number of primary amides is 1. The standard InChI is InChI=1S/C87H147N27O26S/c1-11-45(6)67(111-77(131)57(39-60(91)117)102-62(119)42-99-79(133)65(43(2)3)110-83(137)69(48(9)116)112-70(124)46(7)100-71(125)50(90)24-19-34-96-86(92)93)81(135)103-51(25-15-17-32-88)73(127)113-68(47(8)115)82(136)104-52(29-30-63(120)121)72(126)105-54(27-20-35-97-87(94)95)84(138)114-36-21-28-59(114)78(132)98-41-61(118)101-53(31-37-141-10)74(128)109-66(44(4)5)80(134)108-58(40-64(122)123)76(130)107-56(38-49-22-13-12-14-23-49)75(129)106-55(85(139)140)26-16-18-33-89/h12-14,22-23,43-48,50-59,65-69,115-116H,11,15-21,24-42,88-90H2,1-10H3,(H2,91,117)(H,98,132)(H,99,133)(H,100,125)(H,101,118)(H,102,119)(H,103,135)(H,104,136)(H,105,126)(H,106,129)(H,107,130)(H,108,134)(H,109,128)(H,110,137)(H,111,131)(H,112,124)(H,113,127)(H,120,121)(H,122,123)(H,139,140)(H4,92,93,96)(H4,94,95,97)/t45-,46-,47+,48+,50-,51-,52-,53-,54-,55-,56-,57-,58-,59-,65-,66-,67-,68-,69-/m0/s1. The van der Waals surface area contributed by atoms with Crippen molar-refractivity contribution in [1.82, 2.24) is 101 Å². The van der Waals surface area contributed by atoms with Crippen molar-refractivity contribution in [2.45, 2.75) is 293 Å². The normalized spacial score (nSPS) is 16.0. The molecule has 1 aliphatic heterocycles. The number of nitrogens with one attached hydrogen (secondary N) is 20. The molecule has 0 aromatic heterocycles. The first kappa shape index (κ1) is 124. The van der Waals surface area contributed by atoms with E-state index in [-0.39, 0.29) is 121 Å². The lowest BCUT2D eigenvalue weighted by Crippen LogP contribution is -2.62. The van der Waals surface area contributed by atoms with Gasteiger partial charge in [-0.25, -0.2) is 4.79 Å². The number of aliphatic hydroxyl groups is 2. The summed E-state index contributed by atoms with van der Waals surface area (Å²) in [5.74, 6) is -26.0. The van der Waals surface area contributed by atoms with Crippen molar-refractivity contribution in [2.24, 2.45) is 52.2 Å². The first-order valence-corrected chi connectivity index (χ1v) is 48.0. The molecule has 0 bridgehead atoms. The number of nitrogens with two attached hydrogens (primary N) is 6. The summed E-state index contributed by atoms with van der Waals surface area (Å²) in [6.07, 6.45) is -4.09. The van der Waals surface area contributed by atoms with Gasteiger partial charge in [0.2, 0.25) is 106 Å². The number of hydrogen-bond donors (Lipinski definition) is 31. The highest BCUT2D eigenvalue weighted by atomic mass is 32.2. The summed E-state index contributed by atoms with van der Waals surface area (Å²) in [6, 6.07) is -17.0. The Morgan fingerprint density at radius 2 is 0.851 bits per heavy atom. The van der Waals surface area contributed by atoms with Gasteiger partial charge in [-0.1, -0.05) is 78.3 Å². The molecule has 53 nitrogen and oxygen atoms in total. The van der Waals surface area contributed by atoms with E-state index in [1.807, 2.05) is 0 Å². The number of nitrogens with zero attached hydrogens (tertiary/aromatic N) is 1. The molecule has 141 heavy (non-hydrogen) atoms. The maximum atomic E-state index is 14.9. The predicted octanol–water partition coefficient (Wildman–Crippen LogP) is -9.46. The molecule has 0 unspecified atom stereocenters. The third-order valence-corrected chi connectivity index (χ3v) is 23.1. The van der Waals surface area contributed by atoms with Gasteiger partial charge in [0, 0.05) is 32.5 Å². The van der Waals surface area contributed by atoms with Crippen LogP contribution in [0.1, 0.15) is 183 Å². The van der Waals surface area contributed by atoms with E-state index < -0.39 is 296 Å². The van der Waals surface area contributed by atoms with Crippen LogP contribution in [-0.2, 0) is 107 Å². The average molecular weight is 2020 g/mol.